The minimum Gasteiger partial charge on any atom is -0.385 e. The fraction of sp³-hybridized carbons (Fsp3) is 0.571. The second kappa shape index (κ2) is 6.04. The molecule has 0 atom stereocenters. The molecule has 1 aromatic carbocycles. The average Bonchev–Trinajstić information content (AvgIpc) is 2.37. The maximum absolute atomic E-state index is 12.4. The summed E-state index contributed by atoms with van der Waals surface area (Å²) in [5.41, 5.74) is 0.127. The number of rotatable bonds is 3. The zero-order chi connectivity index (χ0) is 13.9. The van der Waals surface area contributed by atoms with Gasteiger partial charge in [0.2, 0.25) is 0 Å². The molecule has 1 N–H and O–H groups in total. The summed E-state index contributed by atoms with van der Waals surface area (Å²) >= 11 is 6.03. The molecule has 1 nitrogen and oxygen atoms in total. The number of benzene rings is 1. The molecule has 0 unspecified atom stereocenters. The lowest BCUT2D eigenvalue weighted by Gasteiger charge is -2.25. The molecule has 0 heterocycles. The van der Waals surface area contributed by atoms with E-state index in [1.54, 1.807) is 0 Å². The third kappa shape index (κ3) is 4.30. The Kier molecular flexibility index (Phi) is 4.61. The van der Waals surface area contributed by atoms with Crippen LogP contribution in [0.15, 0.2) is 24.3 Å². The van der Waals surface area contributed by atoms with Crippen molar-refractivity contribution in [3.8, 4) is 0 Å². The zero-order valence-electron chi connectivity index (χ0n) is 10.5. The van der Waals surface area contributed by atoms with E-state index in [2.05, 4.69) is 5.32 Å². The summed E-state index contributed by atoms with van der Waals surface area (Å²) in [4.78, 5) is 0. The number of nitrogens with one attached hydrogen (secondary N) is 1. The monoisotopic (exact) mass is 291 g/mol. The smallest absolute Gasteiger partial charge is 0.385 e. The lowest BCUT2D eigenvalue weighted by molar-refractivity contribution is -0.137. The van der Waals surface area contributed by atoms with Crippen LogP contribution in [-0.4, -0.2) is 11.9 Å². The Morgan fingerprint density at radius 2 is 1.63 bits per heavy atom. The minimum absolute atomic E-state index is 0.294. The van der Waals surface area contributed by atoms with Crippen LogP contribution >= 0.6 is 11.6 Å². The molecule has 0 bridgehead atoms. The van der Waals surface area contributed by atoms with Gasteiger partial charge in [-0.3, -0.25) is 0 Å². The first-order chi connectivity index (χ1) is 8.95. The highest BCUT2D eigenvalue weighted by molar-refractivity contribution is 6.20. The van der Waals surface area contributed by atoms with Gasteiger partial charge in [-0.1, -0.05) is 0 Å². The van der Waals surface area contributed by atoms with Crippen LogP contribution < -0.4 is 5.32 Å². The first-order valence-electron chi connectivity index (χ1n) is 6.50. The molecular weight excluding hydrogens is 275 g/mol. The number of anilines is 1. The molecule has 0 aliphatic heterocycles. The van der Waals surface area contributed by atoms with Gasteiger partial charge < -0.3 is 5.32 Å². The Bertz CT molecular complexity index is 394. The van der Waals surface area contributed by atoms with Crippen LogP contribution in [-0.2, 0) is 6.18 Å². The van der Waals surface area contributed by atoms with Gasteiger partial charge in [0.1, 0.15) is 0 Å². The van der Waals surface area contributed by atoms with Crippen molar-refractivity contribution < 1.29 is 13.2 Å². The van der Waals surface area contributed by atoms with Gasteiger partial charge in [-0.15, -0.1) is 11.6 Å². The molecule has 0 spiro atoms. The van der Waals surface area contributed by atoms with Gasteiger partial charge in [0.15, 0.2) is 0 Å². The molecule has 19 heavy (non-hydrogen) atoms. The number of alkyl halides is 4. The van der Waals surface area contributed by atoms with Crippen LogP contribution in [0, 0.1) is 5.92 Å². The first kappa shape index (κ1) is 14.5. The Labute approximate surface area is 116 Å². The molecule has 1 aliphatic carbocycles. The van der Waals surface area contributed by atoms with E-state index in [0.29, 0.717) is 11.3 Å². The van der Waals surface area contributed by atoms with Crippen LogP contribution in [0.3, 0.4) is 0 Å². The molecule has 0 amide bonds. The van der Waals surface area contributed by atoms with Crippen molar-refractivity contribution >= 4 is 17.3 Å². The van der Waals surface area contributed by atoms with Crippen molar-refractivity contribution in [3.05, 3.63) is 29.8 Å². The molecule has 1 aromatic rings. The first-order valence-corrected chi connectivity index (χ1v) is 6.94. The predicted octanol–water partition coefficient (Wildman–Crippen LogP) is 4.91. The van der Waals surface area contributed by atoms with Crippen molar-refractivity contribution in [3.63, 3.8) is 0 Å². The molecular formula is C14H17ClF3N. The van der Waals surface area contributed by atoms with E-state index >= 15 is 0 Å². The molecule has 1 aliphatic rings. The third-order valence-electron chi connectivity index (χ3n) is 3.58. The quantitative estimate of drug-likeness (QED) is 0.780. The van der Waals surface area contributed by atoms with Gasteiger partial charge in [-0.25, -0.2) is 0 Å². The fourth-order valence-corrected chi connectivity index (χ4v) is 2.62. The molecule has 0 saturated heterocycles. The molecule has 5 heteroatoms. The van der Waals surface area contributed by atoms with Crippen molar-refractivity contribution in [2.45, 2.75) is 37.2 Å². The highest BCUT2D eigenvalue weighted by Crippen LogP contribution is 2.30. The summed E-state index contributed by atoms with van der Waals surface area (Å²) in [6, 6.07) is 5.18. The van der Waals surface area contributed by atoms with Crippen LogP contribution in [0.2, 0.25) is 0 Å². The van der Waals surface area contributed by atoms with Gasteiger partial charge in [-0.05, 0) is 55.9 Å². The van der Waals surface area contributed by atoms with Crippen molar-refractivity contribution in [2.24, 2.45) is 5.92 Å². The summed E-state index contributed by atoms with van der Waals surface area (Å²) in [5, 5.41) is 3.49. The maximum atomic E-state index is 12.4. The number of halogens is 4. The average molecular weight is 292 g/mol. The summed E-state index contributed by atoms with van der Waals surface area (Å²) in [5.74, 6) is 0.567. The van der Waals surface area contributed by atoms with Gasteiger partial charge in [0.05, 0.1) is 5.56 Å². The van der Waals surface area contributed by atoms with Crippen LogP contribution in [0.5, 0.6) is 0 Å². The summed E-state index contributed by atoms with van der Waals surface area (Å²) < 4.78 is 37.2. The van der Waals surface area contributed by atoms with E-state index in [9.17, 15) is 13.2 Å². The van der Waals surface area contributed by atoms with Gasteiger partial charge in [0.25, 0.3) is 0 Å². The standard InChI is InChI=1S/C14H17ClF3N/c15-12-5-1-10(2-6-12)9-19-13-7-3-11(4-8-13)14(16,17)18/h3-4,7-8,10,12,19H,1-2,5-6,9H2. The third-order valence-corrected chi connectivity index (χ3v) is 4.02. The Morgan fingerprint density at radius 1 is 1.05 bits per heavy atom. The SMILES string of the molecule is FC(F)(F)c1ccc(NCC2CCC(Cl)CC2)cc1. The Balaban J connectivity index is 1.83. The topological polar surface area (TPSA) is 12.0 Å². The molecule has 0 radical (unpaired) electrons. The van der Waals surface area contributed by atoms with E-state index < -0.39 is 11.7 Å². The Morgan fingerprint density at radius 3 is 2.16 bits per heavy atom. The van der Waals surface area contributed by atoms with Gasteiger partial charge >= 0.3 is 6.18 Å². The van der Waals surface area contributed by atoms with E-state index in [1.807, 2.05) is 0 Å². The Hall–Kier alpha value is -0.900. The highest BCUT2D eigenvalue weighted by atomic mass is 35.5. The highest BCUT2D eigenvalue weighted by Gasteiger charge is 2.29. The van der Waals surface area contributed by atoms with Crippen molar-refractivity contribution in [1.29, 1.82) is 0 Å². The molecule has 1 fully saturated rings. The molecule has 0 aromatic heterocycles. The molecule has 2 rings (SSSR count). The second-order valence-electron chi connectivity index (χ2n) is 5.07. The minimum atomic E-state index is -4.27. The fourth-order valence-electron chi connectivity index (χ4n) is 2.37. The lowest BCUT2D eigenvalue weighted by Crippen LogP contribution is -2.21. The molecule has 1 saturated carbocycles. The van der Waals surface area contributed by atoms with Crippen molar-refractivity contribution in [2.75, 3.05) is 11.9 Å². The number of hydrogen-bond donors (Lipinski definition) is 1. The van der Waals surface area contributed by atoms with E-state index in [1.165, 1.54) is 12.1 Å². The van der Waals surface area contributed by atoms with Gasteiger partial charge in [0, 0.05) is 17.6 Å². The van der Waals surface area contributed by atoms with Crippen LogP contribution in [0.25, 0.3) is 0 Å². The summed E-state index contributed by atoms with van der Waals surface area (Å²) in [7, 11) is 0. The summed E-state index contributed by atoms with van der Waals surface area (Å²) in [6.07, 6.45) is -0.0390. The van der Waals surface area contributed by atoms with E-state index in [0.717, 1.165) is 50.0 Å². The lowest BCUT2D eigenvalue weighted by atomic mass is 9.89. The zero-order valence-corrected chi connectivity index (χ0v) is 11.3. The van der Waals surface area contributed by atoms with Gasteiger partial charge in [-0.2, -0.15) is 13.2 Å². The number of hydrogen-bond acceptors (Lipinski definition) is 1. The van der Waals surface area contributed by atoms with E-state index in [-0.39, 0.29) is 0 Å². The normalized spacial score (nSPS) is 24.2. The predicted molar refractivity (Wildman–Crippen MR) is 71.5 cm³/mol. The van der Waals surface area contributed by atoms with Crippen molar-refractivity contribution in [1.82, 2.24) is 0 Å². The van der Waals surface area contributed by atoms with E-state index in [4.69, 9.17) is 11.6 Å². The molecule has 106 valence electrons. The maximum Gasteiger partial charge on any atom is 0.416 e. The van der Waals surface area contributed by atoms with Crippen LogP contribution in [0.1, 0.15) is 31.2 Å². The summed E-state index contributed by atoms with van der Waals surface area (Å²) in [6.45, 7) is 0.801. The largest absolute Gasteiger partial charge is 0.416 e. The van der Waals surface area contributed by atoms with Crippen LogP contribution in [0.4, 0.5) is 18.9 Å². The second-order valence-corrected chi connectivity index (χ2v) is 5.69.